The molecule has 1 N–H and O–H groups in total. The highest BCUT2D eigenvalue weighted by molar-refractivity contribution is 14.1. The molecule has 1 aliphatic heterocycles. The van der Waals surface area contributed by atoms with Crippen LogP contribution in [0.5, 0.6) is 0 Å². The number of hydrogen-bond acceptors (Lipinski definition) is 2. The van der Waals surface area contributed by atoms with Crippen molar-refractivity contribution in [3.63, 3.8) is 0 Å². The SMILES string of the molecule is CCCc1nn(-c2ccc(I)cc2)c2c1CCCCN2. The van der Waals surface area contributed by atoms with Crippen LogP contribution >= 0.6 is 22.6 Å². The highest BCUT2D eigenvalue weighted by Gasteiger charge is 2.19. The van der Waals surface area contributed by atoms with Crippen molar-refractivity contribution in [3.05, 3.63) is 39.1 Å². The lowest BCUT2D eigenvalue weighted by Gasteiger charge is -2.09. The van der Waals surface area contributed by atoms with Gasteiger partial charge in [0.05, 0.1) is 11.4 Å². The topological polar surface area (TPSA) is 29.9 Å². The molecule has 0 aliphatic carbocycles. The van der Waals surface area contributed by atoms with Crippen LogP contribution in [0.1, 0.15) is 37.4 Å². The Bertz CT molecular complexity index is 587. The molecule has 106 valence electrons. The van der Waals surface area contributed by atoms with Crippen LogP contribution in [0.25, 0.3) is 5.69 Å². The third-order valence-corrected chi connectivity index (χ3v) is 4.49. The zero-order valence-corrected chi connectivity index (χ0v) is 14.0. The molecule has 2 aromatic rings. The van der Waals surface area contributed by atoms with E-state index in [9.17, 15) is 0 Å². The number of halogens is 1. The summed E-state index contributed by atoms with van der Waals surface area (Å²) in [7, 11) is 0. The molecule has 20 heavy (non-hydrogen) atoms. The number of nitrogens with zero attached hydrogens (tertiary/aromatic N) is 2. The number of fused-ring (bicyclic) bond motifs is 1. The maximum Gasteiger partial charge on any atom is 0.133 e. The highest BCUT2D eigenvalue weighted by atomic mass is 127. The summed E-state index contributed by atoms with van der Waals surface area (Å²) in [5, 5.41) is 8.46. The molecule has 1 aromatic heterocycles. The molecular formula is C16H20IN3. The monoisotopic (exact) mass is 381 g/mol. The molecule has 4 heteroatoms. The van der Waals surface area contributed by atoms with Crippen LogP contribution < -0.4 is 5.32 Å². The zero-order valence-electron chi connectivity index (χ0n) is 11.8. The Kier molecular flexibility index (Phi) is 4.29. The van der Waals surface area contributed by atoms with E-state index in [4.69, 9.17) is 5.10 Å². The summed E-state index contributed by atoms with van der Waals surface area (Å²) in [5.74, 6) is 1.21. The molecule has 3 rings (SSSR count). The Morgan fingerprint density at radius 1 is 1.25 bits per heavy atom. The smallest absolute Gasteiger partial charge is 0.133 e. The van der Waals surface area contributed by atoms with Crippen molar-refractivity contribution in [2.45, 2.75) is 39.0 Å². The first kappa shape index (κ1) is 13.9. The van der Waals surface area contributed by atoms with Crippen molar-refractivity contribution in [1.82, 2.24) is 9.78 Å². The molecule has 0 saturated heterocycles. The summed E-state index contributed by atoms with van der Waals surface area (Å²) < 4.78 is 3.35. The standard InChI is InChI=1S/C16H20IN3/c1-2-5-15-14-6-3-4-11-18-16(14)20(19-15)13-9-7-12(17)8-10-13/h7-10,18H,2-6,11H2,1H3. The summed E-state index contributed by atoms with van der Waals surface area (Å²) in [6.07, 6.45) is 5.88. The van der Waals surface area contributed by atoms with Crippen LogP contribution in [0.3, 0.4) is 0 Å². The third-order valence-electron chi connectivity index (χ3n) is 3.77. The maximum atomic E-state index is 4.87. The van der Waals surface area contributed by atoms with Gasteiger partial charge in [0, 0.05) is 15.7 Å². The van der Waals surface area contributed by atoms with Gasteiger partial charge >= 0.3 is 0 Å². The van der Waals surface area contributed by atoms with Crippen molar-refractivity contribution >= 4 is 28.4 Å². The number of hydrogen-bond donors (Lipinski definition) is 1. The fraction of sp³-hybridized carbons (Fsp3) is 0.438. The first-order chi connectivity index (χ1) is 9.79. The second-order valence-corrected chi connectivity index (χ2v) is 6.54. The summed E-state index contributed by atoms with van der Waals surface area (Å²) in [5.41, 5.74) is 3.86. The Morgan fingerprint density at radius 3 is 2.80 bits per heavy atom. The Hall–Kier alpha value is -1.04. The summed E-state index contributed by atoms with van der Waals surface area (Å²) >= 11 is 2.34. The van der Waals surface area contributed by atoms with Crippen molar-refractivity contribution in [3.8, 4) is 5.69 Å². The van der Waals surface area contributed by atoms with Gasteiger partial charge in [-0.15, -0.1) is 0 Å². The van der Waals surface area contributed by atoms with Gasteiger partial charge in [-0.1, -0.05) is 13.3 Å². The average Bonchev–Trinajstić information content (AvgIpc) is 2.64. The lowest BCUT2D eigenvalue weighted by molar-refractivity contribution is 0.753. The van der Waals surface area contributed by atoms with Crippen molar-refractivity contribution in [1.29, 1.82) is 0 Å². The van der Waals surface area contributed by atoms with Crippen LogP contribution in [0.15, 0.2) is 24.3 Å². The highest BCUT2D eigenvalue weighted by Crippen LogP contribution is 2.28. The Labute approximate surface area is 133 Å². The van der Waals surface area contributed by atoms with E-state index in [0.717, 1.165) is 31.5 Å². The average molecular weight is 381 g/mol. The van der Waals surface area contributed by atoms with Gasteiger partial charge < -0.3 is 5.32 Å². The molecule has 1 aromatic carbocycles. The number of benzene rings is 1. The molecule has 0 unspecified atom stereocenters. The van der Waals surface area contributed by atoms with E-state index in [1.807, 2.05) is 0 Å². The molecule has 0 fully saturated rings. The van der Waals surface area contributed by atoms with Gasteiger partial charge in [0.2, 0.25) is 0 Å². The second-order valence-electron chi connectivity index (χ2n) is 5.30. The van der Waals surface area contributed by atoms with Gasteiger partial charge in [-0.05, 0) is 72.5 Å². The van der Waals surface area contributed by atoms with Gasteiger partial charge in [-0.25, -0.2) is 4.68 Å². The van der Waals surface area contributed by atoms with E-state index in [1.165, 1.54) is 33.5 Å². The Morgan fingerprint density at radius 2 is 2.05 bits per heavy atom. The van der Waals surface area contributed by atoms with Gasteiger partial charge in [0.1, 0.15) is 5.82 Å². The summed E-state index contributed by atoms with van der Waals surface area (Å²) in [6, 6.07) is 8.58. The fourth-order valence-corrected chi connectivity index (χ4v) is 3.14. The number of aryl methyl sites for hydroxylation is 1. The minimum Gasteiger partial charge on any atom is -0.370 e. The van der Waals surface area contributed by atoms with Crippen LogP contribution in [-0.2, 0) is 12.8 Å². The van der Waals surface area contributed by atoms with Crippen LogP contribution in [-0.4, -0.2) is 16.3 Å². The van der Waals surface area contributed by atoms with Crippen LogP contribution in [0.2, 0.25) is 0 Å². The fourth-order valence-electron chi connectivity index (χ4n) is 2.78. The van der Waals surface area contributed by atoms with E-state index < -0.39 is 0 Å². The molecule has 0 saturated carbocycles. The van der Waals surface area contributed by atoms with E-state index in [-0.39, 0.29) is 0 Å². The first-order valence-corrected chi connectivity index (χ1v) is 8.48. The lowest BCUT2D eigenvalue weighted by Crippen LogP contribution is -2.07. The van der Waals surface area contributed by atoms with Crippen molar-refractivity contribution < 1.29 is 0 Å². The zero-order chi connectivity index (χ0) is 13.9. The van der Waals surface area contributed by atoms with Crippen LogP contribution in [0, 0.1) is 3.57 Å². The van der Waals surface area contributed by atoms with Gasteiger partial charge in [0.15, 0.2) is 0 Å². The first-order valence-electron chi connectivity index (χ1n) is 7.40. The quantitative estimate of drug-likeness (QED) is 0.809. The molecular weight excluding hydrogens is 361 g/mol. The van der Waals surface area contributed by atoms with E-state index >= 15 is 0 Å². The normalized spacial score (nSPS) is 14.5. The van der Waals surface area contributed by atoms with Crippen LogP contribution in [0.4, 0.5) is 5.82 Å². The molecule has 1 aliphatic rings. The van der Waals surface area contributed by atoms with Crippen molar-refractivity contribution in [2.75, 3.05) is 11.9 Å². The van der Waals surface area contributed by atoms with E-state index in [2.05, 4.69) is 63.8 Å². The van der Waals surface area contributed by atoms with E-state index in [0.29, 0.717) is 0 Å². The molecule has 0 atom stereocenters. The molecule has 0 radical (unpaired) electrons. The maximum absolute atomic E-state index is 4.87. The Balaban J connectivity index is 2.07. The minimum absolute atomic E-state index is 1.05. The largest absolute Gasteiger partial charge is 0.370 e. The molecule has 0 spiro atoms. The third kappa shape index (κ3) is 2.71. The number of rotatable bonds is 3. The van der Waals surface area contributed by atoms with Gasteiger partial charge in [-0.3, -0.25) is 0 Å². The lowest BCUT2D eigenvalue weighted by atomic mass is 10.1. The second kappa shape index (κ2) is 6.16. The number of anilines is 1. The number of nitrogens with one attached hydrogen (secondary N) is 1. The number of aromatic nitrogens is 2. The predicted molar refractivity (Wildman–Crippen MR) is 91.7 cm³/mol. The minimum atomic E-state index is 1.05. The molecule has 3 nitrogen and oxygen atoms in total. The summed E-state index contributed by atoms with van der Waals surface area (Å²) in [4.78, 5) is 0. The molecule has 0 bridgehead atoms. The van der Waals surface area contributed by atoms with E-state index in [1.54, 1.807) is 0 Å². The van der Waals surface area contributed by atoms with Crippen molar-refractivity contribution in [2.24, 2.45) is 0 Å². The summed E-state index contributed by atoms with van der Waals surface area (Å²) in [6.45, 7) is 3.27. The molecule has 2 heterocycles. The predicted octanol–water partition coefficient (Wildman–Crippen LogP) is 4.18. The van der Waals surface area contributed by atoms with Gasteiger partial charge in [-0.2, -0.15) is 5.10 Å². The van der Waals surface area contributed by atoms with Gasteiger partial charge in [0.25, 0.3) is 0 Å². The molecule has 0 amide bonds.